The minimum absolute atomic E-state index is 0.0512. The number of aromatic amines is 1. The number of amides is 1. The van der Waals surface area contributed by atoms with E-state index in [0.717, 1.165) is 0 Å². The first-order valence-electron chi connectivity index (χ1n) is 7.43. The summed E-state index contributed by atoms with van der Waals surface area (Å²) in [6, 6.07) is 4.10. The number of nitrogens with zero attached hydrogens (tertiary/aromatic N) is 3. The smallest absolute Gasteiger partial charge is 0.305 e. The number of aliphatic carboxylic acids is 1. The Bertz CT molecular complexity index is 783. The molecular weight excluding hydrogens is 316 g/mol. The molecule has 24 heavy (non-hydrogen) atoms. The van der Waals surface area contributed by atoms with Crippen LogP contribution in [0.15, 0.2) is 18.2 Å². The van der Waals surface area contributed by atoms with E-state index in [1.165, 1.54) is 23.1 Å². The van der Waals surface area contributed by atoms with Crippen molar-refractivity contribution in [1.82, 2.24) is 15.1 Å². The molecule has 0 fully saturated rings. The van der Waals surface area contributed by atoms with Gasteiger partial charge in [0.2, 0.25) is 0 Å². The number of carboxylic acid groups (broad SMARTS) is 1. The van der Waals surface area contributed by atoms with Crippen LogP contribution in [0.2, 0.25) is 0 Å². The van der Waals surface area contributed by atoms with Crippen LogP contribution < -0.4 is 0 Å². The molecule has 2 rings (SSSR count). The van der Waals surface area contributed by atoms with Crippen LogP contribution in [0.5, 0.6) is 0 Å². The molecule has 1 heterocycles. The van der Waals surface area contributed by atoms with Gasteiger partial charge in [0.15, 0.2) is 5.69 Å². The van der Waals surface area contributed by atoms with Crippen molar-refractivity contribution < 1.29 is 19.6 Å². The highest BCUT2D eigenvalue weighted by Crippen LogP contribution is 2.23. The fourth-order valence-corrected chi connectivity index (χ4v) is 2.38. The molecule has 1 aromatic heterocycles. The van der Waals surface area contributed by atoms with Gasteiger partial charge in [-0.05, 0) is 12.0 Å². The van der Waals surface area contributed by atoms with Crippen molar-refractivity contribution in [3.63, 3.8) is 0 Å². The molecule has 0 aliphatic rings. The second-order valence-electron chi connectivity index (χ2n) is 5.85. The van der Waals surface area contributed by atoms with Gasteiger partial charge in [0.25, 0.3) is 11.6 Å². The van der Waals surface area contributed by atoms with E-state index in [1.807, 2.05) is 13.8 Å². The van der Waals surface area contributed by atoms with Gasteiger partial charge in [0.1, 0.15) is 0 Å². The number of carbonyl (C=O) groups excluding carboxylic acids is 1. The van der Waals surface area contributed by atoms with Crippen LogP contribution in [0.25, 0.3) is 10.9 Å². The van der Waals surface area contributed by atoms with Crippen LogP contribution in [0.1, 0.15) is 30.8 Å². The number of carboxylic acids is 1. The Kier molecular flexibility index (Phi) is 5.12. The molecule has 2 N–H and O–H groups in total. The van der Waals surface area contributed by atoms with E-state index in [0.29, 0.717) is 17.4 Å². The minimum atomic E-state index is -1.00. The summed E-state index contributed by atoms with van der Waals surface area (Å²) in [6.45, 7) is 4.24. The van der Waals surface area contributed by atoms with Crippen molar-refractivity contribution in [2.75, 3.05) is 13.1 Å². The molecule has 0 spiro atoms. The lowest BCUT2D eigenvalue weighted by molar-refractivity contribution is -0.384. The SMILES string of the molecule is CC(C)CN(CCC(=O)O)C(=O)c1n[nH]c2ccc([N+](=O)[O-])cc12. The molecule has 0 unspecified atom stereocenters. The van der Waals surface area contributed by atoms with Crippen LogP contribution in [0.4, 0.5) is 5.69 Å². The lowest BCUT2D eigenvalue weighted by Gasteiger charge is -2.23. The van der Waals surface area contributed by atoms with Crippen molar-refractivity contribution >= 4 is 28.5 Å². The van der Waals surface area contributed by atoms with Gasteiger partial charge in [-0.1, -0.05) is 13.8 Å². The third-order valence-electron chi connectivity index (χ3n) is 3.43. The predicted molar refractivity (Wildman–Crippen MR) is 85.7 cm³/mol. The largest absolute Gasteiger partial charge is 0.481 e. The number of aromatic nitrogens is 2. The third-order valence-corrected chi connectivity index (χ3v) is 3.43. The highest BCUT2D eigenvalue weighted by molar-refractivity contribution is 6.05. The number of hydrogen-bond donors (Lipinski definition) is 2. The van der Waals surface area contributed by atoms with Gasteiger partial charge in [0, 0.05) is 30.6 Å². The number of fused-ring (bicyclic) bond motifs is 1. The summed E-state index contributed by atoms with van der Waals surface area (Å²) in [5.41, 5.74) is 0.422. The van der Waals surface area contributed by atoms with Crippen molar-refractivity contribution in [2.45, 2.75) is 20.3 Å². The molecule has 0 aliphatic heterocycles. The maximum Gasteiger partial charge on any atom is 0.305 e. The van der Waals surface area contributed by atoms with Gasteiger partial charge < -0.3 is 10.0 Å². The van der Waals surface area contributed by atoms with Gasteiger partial charge in [-0.15, -0.1) is 0 Å². The number of nitrogens with one attached hydrogen (secondary N) is 1. The molecule has 0 radical (unpaired) electrons. The zero-order valence-electron chi connectivity index (χ0n) is 13.4. The van der Waals surface area contributed by atoms with Crippen molar-refractivity contribution in [3.8, 4) is 0 Å². The van der Waals surface area contributed by atoms with Gasteiger partial charge in [-0.2, -0.15) is 5.10 Å². The Morgan fingerprint density at radius 1 is 1.42 bits per heavy atom. The Morgan fingerprint density at radius 3 is 2.71 bits per heavy atom. The Morgan fingerprint density at radius 2 is 2.12 bits per heavy atom. The van der Waals surface area contributed by atoms with Gasteiger partial charge in [0.05, 0.1) is 16.9 Å². The minimum Gasteiger partial charge on any atom is -0.481 e. The number of benzene rings is 1. The van der Waals surface area contributed by atoms with E-state index in [9.17, 15) is 19.7 Å². The van der Waals surface area contributed by atoms with E-state index in [2.05, 4.69) is 10.2 Å². The van der Waals surface area contributed by atoms with Crippen molar-refractivity contribution in [1.29, 1.82) is 0 Å². The van der Waals surface area contributed by atoms with Crippen LogP contribution in [0.3, 0.4) is 0 Å². The second kappa shape index (κ2) is 7.07. The maximum absolute atomic E-state index is 12.7. The fourth-order valence-electron chi connectivity index (χ4n) is 2.38. The number of carbonyl (C=O) groups is 2. The van der Waals surface area contributed by atoms with Gasteiger partial charge in [-0.3, -0.25) is 24.8 Å². The highest BCUT2D eigenvalue weighted by atomic mass is 16.6. The molecule has 0 saturated heterocycles. The third kappa shape index (κ3) is 3.86. The predicted octanol–water partition coefficient (Wildman–Crippen LogP) is 2.04. The molecular formula is C15H18N4O5. The molecule has 9 heteroatoms. The quantitative estimate of drug-likeness (QED) is 0.589. The van der Waals surface area contributed by atoms with E-state index in [-0.39, 0.29) is 30.3 Å². The average Bonchev–Trinajstić information content (AvgIpc) is 2.93. The van der Waals surface area contributed by atoms with E-state index in [1.54, 1.807) is 0 Å². The van der Waals surface area contributed by atoms with E-state index < -0.39 is 16.8 Å². The summed E-state index contributed by atoms with van der Waals surface area (Å²) in [5, 5.41) is 26.7. The number of non-ortho nitro benzene ring substituents is 1. The number of hydrogen-bond acceptors (Lipinski definition) is 5. The summed E-state index contributed by atoms with van der Waals surface area (Å²) in [5.74, 6) is -1.31. The summed E-state index contributed by atoms with van der Waals surface area (Å²) in [6.07, 6.45) is -0.180. The summed E-state index contributed by atoms with van der Waals surface area (Å²) in [7, 11) is 0. The van der Waals surface area contributed by atoms with Crippen LogP contribution in [0, 0.1) is 16.0 Å². The van der Waals surface area contributed by atoms with E-state index >= 15 is 0 Å². The zero-order chi connectivity index (χ0) is 17.9. The fraction of sp³-hybridized carbons (Fsp3) is 0.400. The summed E-state index contributed by atoms with van der Waals surface area (Å²) >= 11 is 0. The van der Waals surface area contributed by atoms with Crippen LogP contribution >= 0.6 is 0 Å². The topological polar surface area (TPSA) is 129 Å². The summed E-state index contributed by atoms with van der Waals surface area (Å²) in [4.78, 5) is 35.3. The lowest BCUT2D eigenvalue weighted by atomic mass is 10.1. The molecule has 9 nitrogen and oxygen atoms in total. The molecule has 2 aromatic rings. The molecule has 0 aliphatic carbocycles. The Balaban J connectivity index is 2.37. The maximum atomic E-state index is 12.7. The monoisotopic (exact) mass is 334 g/mol. The first-order chi connectivity index (χ1) is 11.3. The van der Waals surface area contributed by atoms with Gasteiger partial charge >= 0.3 is 5.97 Å². The molecule has 0 bridgehead atoms. The Hall–Kier alpha value is -2.97. The first-order valence-corrected chi connectivity index (χ1v) is 7.43. The lowest BCUT2D eigenvalue weighted by Crippen LogP contribution is -2.36. The molecule has 0 saturated carbocycles. The summed E-state index contributed by atoms with van der Waals surface area (Å²) < 4.78 is 0. The normalized spacial score (nSPS) is 11.0. The standard InChI is InChI=1S/C15H18N4O5/c1-9(2)8-18(6-5-13(20)21)15(22)14-11-7-10(19(23)24)3-4-12(11)16-17-14/h3-4,7,9H,5-6,8H2,1-2H3,(H,16,17)(H,20,21). The van der Waals surface area contributed by atoms with Crippen molar-refractivity contribution in [3.05, 3.63) is 34.0 Å². The second-order valence-corrected chi connectivity index (χ2v) is 5.85. The molecule has 1 amide bonds. The van der Waals surface area contributed by atoms with Gasteiger partial charge in [-0.25, -0.2) is 0 Å². The number of nitro benzene ring substituents is 1. The molecule has 0 atom stereocenters. The first kappa shape index (κ1) is 17.4. The van der Waals surface area contributed by atoms with Crippen molar-refractivity contribution in [2.24, 2.45) is 5.92 Å². The number of nitro groups is 1. The molecule has 128 valence electrons. The van der Waals surface area contributed by atoms with Crippen LogP contribution in [-0.4, -0.2) is 50.1 Å². The van der Waals surface area contributed by atoms with E-state index in [4.69, 9.17) is 5.11 Å². The number of H-pyrrole nitrogens is 1. The van der Waals surface area contributed by atoms with Crippen LogP contribution in [-0.2, 0) is 4.79 Å². The average molecular weight is 334 g/mol. The Labute approximate surface area is 137 Å². The zero-order valence-corrected chi connectivity index (χ0v) is 13.4. The highest BCUT2D eigenvalue weighted by Gasteiger charge is 2.23. The number of rotatable bonds is 7. The molecule has 1 aromatic carbocycles.